The van der Waals surface area contributed by atoms with E-state index in [4.69, 9.17) is 9.47 Å². The van der Waals surface area contributed by atoms with Crippen LogP contribution in [-0.4, -0.2) is 31.4 Å². The zero-order valence-corrected chi connectivity index (χ0v) is 12.9. The van der Waals surface area contributed by atoms with Crippen LogP contribution in [-0.2, 0) is 9.53 Å². The lowest BCUT2D eigenvalue weighted by Crippen LogP contribution is -2.26. The van der Waals surface area contributed by atoms with Crippen LogP contribution in [0.25, 0.3) is 0 Å². The number of phenolic OH excluding ortho intramolecular Hbond substituents is 1. The first-order valence-corrected chi connectivity index (χ1v) is 6.93. The number of nitrogens with one attached hydrogen (secondary N) is 1. The average Bonchev–Trinajstić information content (AvgIpc) is 2.58. The number of nitrogens with zero attached hydrogens (tertiary/aromatic N) is 1. The van der Waals surface area contributed by atoms with Crippen LogP contribution < -0.4 is 10.2 Å². The Bertz CT molecular complexity index is 686. The molecule has 0 fully saturated rings. The standard InChI is InChI=1S/C17H18N2O4/c1-22-14-8-9-15(20)13(10-14)11-18-19-17(21)16(23-2)12-6-4-3-5-7-12/h3-11,16,20H,1-2H3,(H,19,21)/b18-11-/t16-/m0/s1. The molecule has 120 valence electrons. The number of carbonyl (C=O) groups is 1. The fraction of sp³-hybridized carbons (Fsp3) is 0.176. The number of carbonyl (C=O) groups excluding carboxylic acids is 1. The van der Waals surface area contributed by atoms with Gasteiger partial charge in [-0.05, 0) is 23.8 Å². The van der Waals surface area contributed by atoms with E-state index in [1.165, 1.54) is 26.5 Å². The van der Waals surface area contributed by atoms with Gasteiger partial charge in [0.2, 0.25) is 0 Å². The predicted octanol–water partition coefficient (Wildman–Crippen LogP) is 2.24. The molecule has 6 heteroatoms. The van der Waals surface area contributed by atoms with Crippen molar-refractivity contribution in [2.45, 2.75) is 6.10 Å². The highest BCUT2D eigenvalue weighted by atomic mass is 16.5. The first kappa shape index (κ1) is 16.5. The molecular formula is C17H18N2O4. The Labute approximate surface area is 134 Å². The molecule has 0 aliphatic heterocycles. The molecule has 0 saturated carbocycles. The quantitative estimate of drug-likeness (QED) is 0.633. The summed E-state index contributed by atoms with van der Waals surface area (Å²) in [4.78, 5) is 12.1. The Morgan fingerprint density at radius 3 is 2.61 bits per heavy atom. The van der Waals surface area contributed by atoms with Crippen LogP contribution in [0.15, 0.2) is 53.6 Å². The molecule has 2 N–H and O–H groups in total. The summed E-state index contributed by atoms with van der Waals surface area (Å²) in [6, 6.07) is 13.8. The van der Waals surface area contributed by atoms with Gasteiger partial charge < -0.3 is 14.6 Å². The summed E-state index contributed by atoms with van der Waals surface area (Å²) in [6.45, 7) is 0. The van der Waals surface area contributed by atoms with Crippen molar-refractivity contribution >= 4 is 12.1 Å². The molecule has 0 aliphatic rings. The highest BCUT2D eigenvalue weighted by molar-refractivity contribution is 5.87. The molecule has 1 atom stereocenters. The Morgan fingerprint density at radius 2 is 1.96 bits per heavy atom. The predicted molar refractivity (Wildman–Crippen MR) is 86.6 cm³/mol. The van der Waals surface area contributed by atoms with Crippen LogP contribution in [0, 0.1) is 0 Å². The van der Waals surface area contributed by atoms with Crippen molar-refractivity contribution in [3.63, 3.8) is 0 Å². The van der Waals surface area contributed by atoms with E-state index in [0.29, 0.717) is 11.3 Å². The van der Waals surface area contributed by atoms with Crippen LogP contribution in [0.4, 0.5) is 0 Å². The molecule has 2 rings (SSSR count). The molecule has 0 unspecified atom stereocenters. The van der Waals surface area contributed by atoms with Gasteiger partial charge in [0.1, 0.15) is 11.5 Å². The first-order chi connectivity index (χ1) is 11.2. The fourth-order valence-electron chi connectivity index (χ4n) is 2.01. The van der Waals surface area contributed by atoms with Crippen LogP contribution in [0.2, 0.25) is 0 Å². The van der Waals surface area contributed by atoms with E-state index in [1.54, 1.807) is 24.3 Å². The maximum atomic E-state index is 12.1. The van der Waals surface area contributed by atoms with Crippen LogP contribution in [0.3, 0.4) is 0 Å². The van der Waals surface area contributed by atoms with E-state index >= 15 is 0 Å². The summed E-state index contributed by atoms with van der Waals surface area (Å²) in [5.41, 5.74) is 3.56. The lowest BCUT2D eigenvalue weighted by atomic mass is 10.1. The van der Waals surface area contributed by atoms with E-state index < -0.39 is 12.0 Å². The Hall–Kier alpha value is -2.86. The molecule has 0 aliphatic carbocycles. The normalized spacial score (nSPS) is 12.1. The number of ether oxygens (including phenoxy) is 2. The molecule has 0 aromatic heterocycles. The van der Waals surface area contributed by atoms with Gasteiger partial charge in [-0.2, -0.15) is 5.10 Å². The van der Waals surface area contributed by atoms with E-state index in [2.05, 4.69) is 10.5 Å². The number of hydrogen-bond acceptors (Lipinski definition) is 5. The fourth-order valence-corrected chi connectivity index (χ4v) is 2.01. The molecule has 0 heterocycles. The van der Waals surface area contributed by atoms with Gasteiger partial charge in [-0.1, -0.05) is 30.3 Å². The number of rotatable bonds is 6. The molecule has 6 nitrogen and oxygen atoms in total. The number of phenols is 1. The third-order valence-electron chi connectivity index (χ3n) is 3.19. The topological polar surface area (TPSA) is 80.2 Å². The van der Waals surface area contributed by atoms with Crippen LogP contribution >= 0.6 is 0 Å². The second kappa shape index (κ2) is 7.95. The van der Waals surface area contributed by atoms with Gasteiger partial charge in [0, 0.05) is 12.7 Å². The van der Waals surface area contributed by atoms with Gasteiger partial charge in [-0.15, -0.1) is 0 Å². The number of hydrazone groups is 1. The Balaban J connectivity index is 2.06. The van der Waals surface area contributed by atoms with Gasteiger partial charge in [0.25, 0.3) is 5.91 Å². The summed E-state index contributed by atoms with van der Waals surface area (Å²) in [5.74, 6) is 0.210. The third kappa shape index (κ3) is 4.31. The van der Waals surface area contributed by atoms with Gasteiger partial charge >= 0.3 is 0 Å². The van der Waals surface area contributed by atoms with Crippen molar-refractivity contribution in [2.24, 2.45) is 5.10 Å². The highest BCUT2D eigenvalue weighted by Gasteiger charge is 2.19. The van der Waals surface area contributed by atoms with Crippen molar-refractivity contribution in [3.05, 3.63) is 59.7 Å². The van der Waals surface area contributed by atoms with E-state index in [1.807, 2.05) is 18.2 Å². The minimum absolute atomic E-state index is 0.0372. The van der Waals surface area contributed by atoms with Crippen LogP contribution in [0.1, 0.15) is 17.2 Å². The number of methoxy groups -OCH3 is 2. The maximum absolute atomic E-state index is 12.1. The number of hydrogen-bond donors (Lipinski definition) is 2. The SMILES string of the molecule is COc1ccc(O)c(/C=N\NC(=O)[C@@H](OC)c2ccccc2)c1. The molecule has 0 saturated heterocycles. The second-order valence-electron chi connectivity index (χ2n) is 4.69. The summed E-state index contributed by atoms with van der Waals surface area (Å²) in [7, 11) is 2.98. The zero-order valence-electron chi connectivity index (χ0n) is 12.9. The summed E-state index contributed by atoms with van der Waals surface area (Å²) >= 11 is 0. The monoisotopic (exact) mass is 314 g/mol. The first-order valence-electron chi connectivity index (χ1n) is 6.93. The molecule has 0 radical (unpaired) electrons. The smallest absolute Gasteiger partial charge is 0.273 e. The molecular weight excluding hydrogens is 296 g/mol. The lowest BCUT2D eigenvalue weighted by molar-refractivity contribution is -0.131. The minimum Gasteiger partial charge on any atom is -0.507 e. The van der Waals surface area contributed by atoms with Crippen molar-refractivity contribution in [3.8, 4) is 11.5 Å². The Kier molecular flexibility index (Phi) is 5.71. The molecule has 1 amide bonds. The average molecular weight is 314 g/mol. The Morgan fingerprint density at radius 1 is 1.22 bits per heavy atom. The van der Waals surface area contributed by atoms with Crippen molar-refractivity contribution in [1.29, 1.82) is 0 Å². The molecule has 23 heavy (non-hydrogen) atoms. The molecule has 0 spiro atoms. The van der Waals surface area contributed by atoms with E-state index in [-0.39, 0.29) is 5.75 Å². The molecule has 2 aromatic rings. The van der Waals surface area contributed by atoms with Gasteiger partial charge in [-0.3, -0.25) is 4.79 Å². The van der Waals surface area contributed by atoms with Gasteiger partial charge in [-0.25, -0.2) is 5.43 Å². The largest absolute Gasteiger partial charge is 0.507 e. The summed E-state index contributed by atoms with van der Waals surface area (Å²) in [5, 5.41) is 13.6. The number of aromatic hydroxyl groups is 1. The van der Waals surface area contributed by atoms with E-state index in [0.717, 1.165) is 5.56 Å². The van der Waals surface area contributed by atoms with Crippen LogP contribution in [0.5, 0.6) is 11.5 Å². The highest BCUT2D eigenvalue weighted by Crippen LogP contribution is 2.21. The second-order valence-corrected chi connectivity index (χ2v) is 4.69. The van der Waals surface area contributed by atoms with Crippen molar-refractivity contribution < 1.29 is 19.4 Å². The summed E-state index contributed by atoms with van der Waals surface area (Å²) in [6.07, 6.45) is 0.584. The van der Waals surface area contributed by atoms with Gasteiger partial charge in [0.05, 0.1) is 13.3 Å². The molecule has 0 bridgehead atoms. The third-order valence-corrected chi connectivity index (χ3v) is 3.19. The van der Waals surface area contributed by atoms with Crippen molar-refractivity contribution in [1.82, 2.24) is 5.43 Å². The van der Waals surface area contributed by atoms with E-state index in [9.17, 15) is 9.90 Å². The summed E-state index contributed by atoms with van der Waals surface area (Å²) < 4.78 is 10.3. The zero-order chi connectivity index (χ0) is 16.7. The lowest BCUT2D eigenvalue weighted by Gasteiger charge is -2.13. The van der Waals surface area contributed by atoms with Gasteiger partial charge in [0.15, 0.2) is 6.10 Å². The number of amides is 1. The van der Waals surface area contributed by atoms with Crippen molar-refractivity contribution in [2.75, 3.05) is 14.2 Å². The molecule has 2 aromatic carbocycles. The maximum Gasteiger partial charge on any atom is 0.273 e. The minimum atomic E-state index is -0.757. The number of benzene rings is 2.